The van der Waals surface area contributed by atoms with Crippen LogP contribution in [-0.4, -0.2) is 68.3 Å². The highest BCUT2D eigenvalue weighted by atomic mass is 35.5. The summed E-state index contributed by atoms with van der Waals surface area (Å²) in [6.45, 7) is 1.96. The number of aromatic amines is 1. The van der Waals surface area contributed by atoms with Crippen LogP contribution in [-0.2, 0) is 6.54 Å². The lowest BCUT2D eigenvalue weighted by atomic mass is 10.0. The van der Waals surface area contributed by atoms with Gasteiger partial charge < -0.3 is 19.8 Å². The average Bonchev–Trinajstić information content (AvgIpc) is 3.33. The smallest absolute Gasteiger partial charge is 0.407 e. The second kappa shape index (κ2) is 7.85. The molecule has 3 aromatic rings. The third-order valence-electron chi connectivity index (χ3n) is 5.77. The van der Waals surface area contributed by atoms with E-state index in [1.54, 1.807) is 6.08 Å². The minimum atomic E-state index is -0.953. The van der Waals surface area contributed by atoms with Crippen molar-refractivity contribution in [3.05, 3.63) is 57.9 Å². The van der Waals surface area contributed by atoms with E-state index in [0.29, 0.717) is 37.4 Å². The van der Waals surface area contributed by atoms with E-state index in [0.717, 1.165) is 10.9 Å². The Morgan fingerprint density at radius 2 is 2.00 bits per heavy atom. The summed E-state index contributed by atoms with van der Waals surface area (Å²) in [6, 6.07) is 8.95. The van der Waals surface area contributed by atoms with Gasteiger partial charge in [-0.2, -0.15) is 5.10 Å². The molecule has 10 heteroatoms. The van der Waals surface area contributed by atoms with Gasteiger partial charge in [-0.3, -0.25) is 14.8 Å². The van der Waals surface area contributed by atoms with Crippen molar-refractivity contribution in [1.29, 1.82) is 0 Å². The Hall–Kier alpha value is -3.56. The Morgan fingerprint density at radius 3 is 2.75 bits per heavy atom. The number of carbonyl (C=O) groups excluding carboxylic acids is 1. The largest absolute Gasteiger partial charge is 0.506 e. The molecule has 0 unspecified atom stereocenters. The van der Waals surface area contributed by atoms with Crippen molar-refractivity contribution in [3.63, 3.8) is 0 Å². The second-order valence-corrected chi connectivity index (χ2v) is 8.11. The van der Waals surface area contributed by atoms with E-state index in [9.17, 15) is 14.7 Å². The average molecular weight is 455 g/mol. The highest BCUT2D eigenvalue weighted by Gasteiger charge is 2.34. The number of hydrogen-bond donors (Lipinski definition) is 3. The third-order valence-corrected chi connectivity index (χ3v) is 6.06. The molecule has 0 radical (unpaired) electrons. The number of Topliss-reactive ketones (excluding diaryl/α,β-unsaturated/α-hetero) is 1. The van der Waals surface area contributed by atoms with Crippen LogP contribution >= 0.6 is 11.6 Å². The van der Waals surface area contributed by atoms with Crippen LogP contribution in [0.4, 0.5) is 4.79 Å². The lowest BCUT2D eigenvalue weighted by Crippen LogP contribution is -2.47. The Kier molecular flexibility index (Phi) is 4.99. The van der Waals surface area contributed by atoms with Gasteiger partial charge in [0.1, 0.15) is 11.5 Å². The number of carboxylic acid groups (broad SMARTS) is 1. The van der Waals surface area contributed by atoms with Crippen molar-refractivity contribution in [2.75, 3.05) is 26.2 Å². The molecule has 1 fully saturated rings. The molecule has 3 N–H and O–H groups in total. The number of nitrogens with one attached hydrogen (secondary N) is 1. The minimum absolute atomic E-state index is 0.0614. The van der Waals surface area contributed by atoms with Crippen molar-refractivity contribution < 1.29 is 24.5 Å². The van der Waals surface area contributed by atoms with E-state index in [1.807, 2.05) is 29.2 Å². The number of nitrogens with zero attached hydrogens (tertiary/aromatic N) is 3. The van der Waals surface area contributed by atoms with Crippen LogP contribution in [0.3, 0.4) is 0 Å². The van der Waals surface area contributed by atoms with Gasteiger partial charge >= 0.3 is 6.09 Å². The van der Waals surface area contributed by atoms with Gasteiger partial charge in [0.2, 0.25) is 5.78 Å². The monoisotopic (exact) mass is 454 g/mol. The molecule has 2 aromatic carbocycles. The Morgan fingerprint density at radius 1 is 1.25 bits per heavy atom. The molecule has 9 nitrogen and oxygen atoms in total. The summed E-state index contributed by atoms with van der Waals surface area (Å²) >= 11 is 6.21. The zero-order valence-electron chi connectivity index (χ0n) is 16.8. The van der Waals surface area contributed by atoms with E-state index < -0.39 is 6.09 Å². The zero-order chi connectivity index (χ0) is 22.4. The molecule has 1 saturated heterocycles. The van der Waals surface area contributed by atoms with E-state index in [2.05, 4.69) is 10.2 Å². The molecule has 32 heavy (non-hydrogen) atoms. The number of piperazine rings is 1. The van der Waals surface area contributed by atoms with Gasteiger partial charge in [0, 0.05) is 44.2 Å². The summed E-state index contributed by atoms with van der Waals surface area (Å²) in [6.07, 6.45) is 0.618. The maximum Gasteiger partial charge on any atom is 0.407 e. The molecule has 1 amide bonds. The van der Waals surface area contributed by atoms with Crippen molar-refractivity contribution in [2.24, 2.45) is 0 Å². The maximum atomic E-state index is 13.0. The second-order valence-electron chi connectivity index (χ2n) is 7.70. The summed E-state index contributed by atoms with van der Waals surface area (Å²) in [5, 5.41) is 27.8. The topological polar surface area (TPSA) is 119 Å². The van der Waals surface area contributed by atoms with Crippen LogP contribution in [0.2, 0.25) is 5.02 Å². The van der Waals surface area contributed by atoms with Gasteiger partial charge in [-0.05, 0) is 12.1 Å². The van der Waals surface area contributed by atoms with Crippen molar-refractivity contribution in [2.45, 2.75) is 6.54 Å². The number of benzene rings is 2. The molecule has 3 heterocycles. The first kappa shape index (κ1) is 20.3. The number of carbonyl (C=O) groups is 2. The number of phenolic OH excluding ortho intramolecular Hbond substituents is 1. The predicted octanol–water partition coefficient (Wildman–Crippen LogP) is 3.33. The van der Waals surface area contributed by atoms with Gasteiger partial charge in [-0.1, -0.05) is 29.8 Å². The number of aromatic nitrogens is 2. The molecule has 5 rings (SSSR count). The number of fused-ring (bicyclic) bond motifs is 2. The Bertz CT molecular complexity index is 1280. The molecule has 0 aliphatic carbocycles. The number of halogens is 1. The molecule has 0 saturated carbocycles. The fourth-order valence-electron chi connectivity index (χ4n) is 4.03. The standard InChI is InChI=1S/C22H19ClN4O5/c23-15-9-13-20(29)18(10-17-12-3-1-2-4-16(12)24-25-17)32-21(13)14(19(15)28)11-26-5-7-27(8-6-26)22(30)31/h1-4,9-10,28H,5-8,11H2,(H,24,25)(H,30,31). The normalized spacial score (nSPS) is 17.7. The Balaban J connectivity index is 1.46. The van der Waals surface area contributed by atoms with Gasteiger partial charge in [0.15, 0.2) is 5.76 Å². The van der Waals surface area contributed by atoms with Crippen molar-refractivity contribution in [1.82, 2.24) is 20.0 Å². The van der Waals surface area contributed by atoms with Crippen LogP contribution in [0.15, 0.2) is 36.1 Å². The first-order valence-corrected chi connectivity index (χ1v) is 10.4. The van der Waals surface area contributed by atoms with Crippen LogP contribution in [0.1, 0.15) is 21.6 Å². The number of ketones is 1. The number of allylic oxidation sites excluding steroid dienone is 1. The number of rotatable bonds is 3. The fourth-order valence-corrected chi connectivity index (χ4v) is 4.25. The molecule has 1 aromatic heterocycles. The number of amides is 1. The molecule has 0 bridgehead atoms. The summed E-state index contributed by atoms with van der Waals surface area (Å²) < 4.78 is 5.92. The lowest BCUT2D eigenvalue weighted by Gasteiger charge is -2.33. The number of aromatic hydroxyl groups is 1. The van der Waals surface area contributed by atoms with Crippen LogP contribution in [0.25, 0.3) is 17.0 Å². The number of phenols is 1. The first-order valence-electron chi connectivity index (χ1n) is 10.0. The summed E-state index contributed by atoms with van der Waals surface area (Å²) in [5.74, 6) is -0.129. The minimum Gasteiger partial charge on any atom is -0.506 e. The Labute approximate surface area is 187 Å². The highest BCUT2D eigenvalue weighted by Crippen LogP contribution is 2.44. The molecule has 0 spiro atoms. The number of para-hydroxylation sites is 1. The van der Waals surface area contributed by atoms with E-state index in [4.69, 9.17) is 21.4 Å². The predicted molar refractivity (Wildman–Crippen MR) is 117 cm³/mol. The van der Waals surface area contributed by atoms with Crippen LogP contribution in [0.5, 0.6) is 11.5 Å². The van der Waals surface area contributed by atoms with Crippen molar-refractivity contribution >= 4 is 40.5 Å². The van der Waals surface area contributed by atoms with E-state index in [1.165, 1.54) is 11.0 Å². The van der Waals surface area contributed by atoms with Gasteiger partial charge in [0.25, 0.3) is 0 Å². The lowest BCUT2D eigenvalue weighted by molar-refractivity contribution is 0.101. The number of H-pyrrole nitrogens is 1. The van der Waals surface area contributed by atoms with Crippen LogP contribution < -0.4 is 4.74 Å². The summed E-state index contributed by atoms with van der Waals surface area (Å²) in [4.78, 5) is 27.5. The highest BCUT2D eigenvalue weighted by molar-refractivity contribution is 6.33. The molecule has 0 atom stereocenters. The molecular weight excluding hydrogens is 436 g/mol. The number of ether oxygens (including phenoxy) is 1. The third kappa shape index (κ3) is 3.45. The number of hydrogen-bond acceptors (Lipinski definition) is 6. The molecular formula is C22H19ClN4O5. The summed E-state index contributed by atoms with van der Waals surface area (Å²) in [7, 11) is 0. The van der Waals surface area contributed by atoms with E-state index in [-0.39, 0.29) is 40.2 Å². The fraction of sp³-hybridized carbons (Fsp3) is 0.227. The van der Waals surface area contributed by atoms with E-state index >= 15 is 0 Å². The SMILES string of the molecule is O=C1C(=Cc2n[nH]c3ccccc23)Oc2c1cc(Cl)c(O)c2CN1CCN(C(=O)O)CC1. The van der Waals surface area contributed by atoms with Crippen molar-refractivity contribution in [3.8, 4) is 11.5 Å². The maximum absolute atomic E-state index is 13.0. The molecule has 2 aliphatic heterocycles. The van der Waals surface area contributed by atoms with Crippen LogP contribution in [0, 0.1) is 0 Å². The van der Waals surface area contributed by atoms with Gasteiger partial charge in [-0.15, -0.1) is 0 Å². The summed E-state index contributed by atoms with van der Waals surface area (Å²) in [5.41, 5.74) is 2.08. The first-order chi connectivity index (χ1) is 15.4. The van der Waals surface area contributed by atoms with Gasteiger partial charge in [-0.25, -0.2) is 4.79 Å². The van der Waals surface area contributed by atoms with Gasteiger partial charge in [0.05, 0.1) is 27.4 Å². The quantitative estimate of drug-likeness (QED) is 0.519. The zero-order valence-corrected chi connectivity index (χ0v) is 17.6. The molecule has 164 valence electrons. The molecule has 2 aliphatic rings.